The third-order valence-electron chi connectivity index (χ3n) is 4.58. The van der Waals surface area contributed by atoms with Gasteiger partial charge in [0.15, 0.2) is 0 Å². The van der Waals surface area contributed by atoms with Crippen molar-refractivity contribution in [1.29, 1.82) is 5.26 Å². The number of nitriles is 1. The lowest BCUT2D eigenvalue weighted by Crippen LogP contribution is -2.36. The molecule has 0 aromatic heterocycles. The Labute approximate surface area is 159 Å². The Balaban J connectivity index is 1.73. The number of hydrogen-bond donors (Lipinski definition) is 1. The highest BCUT2D eigenvalue weighted by Crippen LogP contribution is 2.20. The smallest absolute Gasteiger partial charge is 0.266 e. The SMILES string of the molecule is Cc1ccc(NC(=O)/C(C#N)=C\c2ccc(N3CCOCC3)cc2)c(C)c1. The zero-order valence-corrected chi connectivity index (χ0v) is 15.7. The first-order valence-electron chi connectivity index (χ1n) is 9.00. The first kappa shape index (κ1) is 18.7. The number of anilines is 2. The molecular weight excluding hydrogens is 338 g/mol. The standard InChI is InChI=1S/C22H23N3O2/c1-16-3-8-21(17(2)13-16)24-22(26)19(15-23)14-18-4-6-20(7-5-18)25-9-11-27-12-10-25/h3-8,13-14H,9-12H2,1-2H3,(H,24,26)/b19-14-. The number of nitrogens with zero attached hydrogens (tertiary/aromatic N) is 2. The van der Waals surface area contributed by atoms with Crippen LogP contribution in [-0.4, -0.2) is 32.2 Å². The van der Waals surface area contributed by atoms with Crippen molar-refractivity contribution >= 4 is 23.4 Å². The monoisotopic (exact) mass is 361 g/mol. The summed E-state index contributed by atoms with van der Waals surface area (Å²) in [6, 6.07) is 15.6. The molecule has 1 N–H and O–H groups in total. The highest BCUT2D eigenvalue weighted by molar-refractivity contribution is 6.10. The van der Waals surface area contributed by atoms with E-state index < -0.39 is 5.91 Å². The van der Waals surface area contributed by atoms with E-state index in [1.54, 1.807) is 6.08 Å². The Morgan fingerprint density at radius 2 is 1.85 bits per heavy atom. The summed E-state index contributed by atoms with van der Waals surface area (Å²) in [7, 11) is 0. The Kier molecular flexibility index (Phi) is 5.90. The van der Waals surface area contributed by atoms with Gasteiger partial charge in [-0.2, -0.15) is 5.26 Å². The van der Waals surface area contributed by atoms with Crippen molar-refractivity contribution in [2.45, 2.75) is 13.8 Å². The van der Waals surface area contributed by atoms with Gasteiger partial charge in [-0.05, 0) is 49.2 Å². The number of hydrogen-bond acceptors (Lipinski definition) is 4. The maximum atomic E-state index is 12.5. The minimum Gasteiger partial charge on any atom is -0.378 e. The van der Waals surface area contributed by atoms with Crippen molar-refractivity contribution in [3.8, 4) is 6.07 Å². The van der Waals surface area contributed by atoms with E-state index in [1.807, 2.05) is 62.4 Å². The van der Waals surface area contributed by atoms with Gasteiger partial charge >= 0.3 is 0 Å². The number of ether oxygens (including phenoxy) is 1. The third-order valence-corrected chi connectivity index (χ3v) is 4.58. The average molecular weight is 361 g/mol. The molecule has 0 bridgehead atoms. The van der Waals surface area contributed by atoms with Crippen LogP contribution in [0.3, 0.4) is 0 Å². The first-order chi connectivity index (χ1) is 13.1. The van der Waals surface area contributed by atoms with E-state index >= 15 is 0 Å². The molecule has 138 valence electrons. The van der Waals surface area contributed by atoms with Crippen LogP contribution in [0.2, 0.25) is 0 Å². The Hall–Kier alpha value is -3.10. The molecule has 27 heavy (non-hydrogen) atoms. The molecule has 1 aliphatic heterocycles. The van der Waals surface area contributed by atoms with Crippen molar-refractivity contribution in [2.75, 3.05) is 36.5 Å². The van der Waals surface area contributed by atoms with Gasteiger partial charge in [-0.15, -0.1) is 0 Å². The van der Waals surface area contributed by atoms with Gasteiger partial charge in [-0.25, -0.2) is 0 Å². The molecule has 1 amide bonds. The molecule has 0 unspecified atom stereocenters. The molecule has 2 aromatic carbocycles. The van der Waals surface area contributed by atoms with Crippen LogP contribution in [-0.2, 0) is 9.53 Å². The van der Waals surface area contributed by atoms with E-state index in [2.05, 4.69) is 10.2 Å². The summed E-state index contributed by atoms with van der Waals surface area (Å²) in [6.45, 7) is 7.15. The van der Waals surface area contributed by atoms with E-state index in [1.165, 1.54) is 0 Å². The zero-order chi connectivity index (χ0) is 19.2. The topological polar surface area (TPSA) is 65.4 Å². The fourth-order valence-electron chi connectivity index (χ4n) is 3.06. The maximum Gasteiger partial charge on any atom is 0.266 e. The molecule has 3 rings (SSSR count). The van der Waals surface area contributed by atoms with Crippen LogP contribution >= 0.6 is 0 Å². The van der Waals surface area contributed by atoms with Crippen molar-refractivity contribution in [2.24, 2.45) is 0 Å². The predicted molar refractivity (Wildman–Crippen MR) is 108 cm³/mol. The quantitative estimate of drug-likeness (QED) is 0.666. The fourth-order valence-corrected chi connectivity index (χ4v) is 3.06. The largest absolute Gasteiger partial charge is 0.378 e. The van der Waals surface area contributed by atoms with Gasteiger partial charge in [0.1, 0.15) is 11.6 Å². The van der Waals surface area contributed by atoms with Crippen LogP contribution in [0.15, 0.2) is 48.0 Å². The molecule has 1 fully saturated rings. The number of aryl methyl sites for hydroxylation is 2. The number of morpholine rings is 1. The highest BCUT2D eigenvalue weighted by Gasteiger charge is 2.13. The van der Waals surface area contributed by atoms with Crippen LogP contribution < -0.4 is 10.2 Å². The van der Waals surface area contributed by atoms with Crippen molar-refractivity contribution in [3.63, 3.8) is 0 Å². The Bertz CT molecular complexity index is 889. The summed E-state index contributed by atoms with van der Waals surface area (Å²) in [5.41, 5.74) is 4.83. The molecule has 0 aliphatic carbocycles. The molecule has 0 saturated carbocycles. The second-order valence-electron chi connectivity index (χ2n) is 6.63. The highest BCUT2D eigenvalue weighted by atomic mass is 16.5. The number of carbonyl (C=O) groups is 1. The average Bonchev–Trinajstić information content (AvgIpc) is 2.69. The Morgan fingerprint density at radius 3 is 2.48 bits per heavy atom. The van der Waals surface area contributed by atoms with Gasteiger partial charge in [-0.3, -0.25) is 4.79 Å². The summed E-state index contributed by atoms with van der Waals surface area (Å²) in [5.74, 6) is -0.401. The molecular formula is C22H23N3O2. The minimum atomic E-state index is -0.401. The molecule has 5 nitrogen and oxygen atoms in total. The van der Waals surface area contributed by atoms with Gasteiger partial charge < -0.3 is 15.0 Å². The lowest BCUT2D eigenvalue weighted by atomic mass is 10.1. The summed E-state index contributed by atoms with van der Waals surface area (Å²) in [5, 5.41) is 12.2. The number of amides is 1. The summed E-state index contributed by atoms with van der Waals surface area (Å²) in [4.78, 5) is 14.7. The lowest BCUT2D eigenvalue weighted by molar-refractivity contribution is -0.112. The normalized spacial score (nSPS) is 14.6. The number of benzene rings is 2. The molecule has 1 aliphatic rings. The molecule has 1 saturated heterocycles. The van der Waals surface area contributed by atoms with Crippen LogP contribution in [0.5, 0.6) is 0 Å². The van der Waals surface area contributed by atoms with Crippen LogP contribution in [0.4, 0.5) is 11.4 Å². The lowest BCUT2D eigenvalue weighted by Gasteiger charge is -2.28. The summed E-state index contributed by atoms with van der Waals surface area (Å²) >= 11 is 0. The van der Waals surface area contributed by atoms with E-state index in [4.69, 9.17) is 4.74 Å². The predicted octanol–water partition coefficient (Wildman–Crippen LogP) is 3.69. The zero-order valence-electron chi connectivity index (χ0n) is 15.7. The van der Waals surface area contributed by atoms with Gasteiger partial charge in [0.25, 0.3) is 5.91 Å². The summed E-state index contributed by atoms with van der Waals surface area (Å²) < 4.78 is 5.37. The molecule has 1 heterocycles. The van der Waals surface area contributed by atoms with Gasteiger partial charge in [0.05, 0.1) is 13.2 Å². The Morgan fingerprint density at radius 1 is 1.15 bits per heavy atom. The van der Waals surface area contributed by atoms with Gasteiger partial charge in [-0.1, -0.05) is 29.8 Å². The van der Waals surface area contributed by atoms with Crippen LogP contribution in [0.1, 0.15) is 16.7 Å². The molecule has 0 atom stereocenters. The second-order valence-corrected chi connectivity index (χ2v) is 6.63. The van der Waals surface area contributed by atoms with Crippen molar-refractivity contribution < 1.29 is 9.53 Å². The minimum absolute atomic E-state index is 0.0779. The number of rotatable bonds is 4. The number of carbonyl (C=O) groups excluding carboxylic acids is 1. The third kappa shape index (κ3) is 4.75. The molecule has 0 spiro atoms. The van der Waals surface area contributed by atoms with Crippen molar-refractivity contribution in [1.82, 2.24) is 0 Å². The van der Waals surface area contributed by atoms with E-state index in [0.717, 1.165) is 54.4 Å². The van der Waals surface area contributed by atoms with E-state index in [-0.39, 0.29) is 5.57 Å². The van der Waals surface area contributed by atoms with Gasteiger partial charge in [0.2, 0.25) is 0 Å². The number of nitrogens with one attached hydrogen (secondary N) is 1. The van der Waals surface area contributed by atoms with Gasteiger partial charge in [0, 0.05) is 24.5 Å². The maximum absolute atomic E-state index is 12.5. The van der Waals surface area contributed by atoms with Crippen LogP contribution in [0, 0.1) is 25.2 Å². The van der Waals surface area contributed by atoms with E-state index in [9.17, 15) is 10.1 Å². The second kappa shape index (κ2) is 8.52. The van der Waals surface area contributed by atoms with Crippen LogP contribution in [0.25, 0.3) is 6.08 Å². The molecule has 0 radical (unpaired) electrons. The van der Waals surface area contributed by atoms with E-state index in [0.29, 0.717) is 0 Å². The summed E-state index contributed by atoms with van der Waals surface area (Å²) in [6.07, 6.45) is 1.61. The molecule has 5 heteroatoms. The fraction of sp³-hybridized carbons (Fsp3) is 0.273. The first-order valence-corrected chi connectivity index (χ1v) is 9.00. The van der Waals surface area contributed by atoms with Crippen molar-refractivity contribution in [3.05, 3.63) is 64.7 Å². The molecule has 2 aromatic rings.